The average Bonchev–Trinajstić information content (AvgIpc) is 1.84. The summed E-state index contributed by atoms with van der Waals surface area (Å²) in [6, 6.07) is 0. The van der Waals surface area contributed by atoms with Crippen molar-refractivity contribution in [2.75, 3.05) is 19.0 Å². The van der Waals surface area contributed by atoms with E-state index in [0.717, 1.165) is 0 Å². The van der Waals surface area contributed by atoms with Crippen LogP contribution in [-0.4, -0.2) is 30.0 Å². The van der Waals surface area contributed by atoms with Crippen LogP contribution in [0.15, 0.2) is 0 Å². The molecule has 0 aliphatic carbocycles. The van der Waals surface area contributed by atoms with E-state index < -0.39 is 5.97 Å². The van der Waals surface area contributed by atoms with Gasteiger partial charge >= 0.3 is 0 Å². The number of ether oxygens (including phenoxy) is 2. The van der Waals surface area contributed by atoms with Gasteiger partial charge in [-0.3, -0.25) is 0 Å². The second-order valence-electron chi connectivity index (χ2n) is 1.90. The highest BCUT2D eigenvalue weighted by molar-refractivity contribution is 7.80. The zero-order valence-electron chi connectivity index (χ0n) is 6.33. The van der Waals surface area contributed by atoms with Crippen LogP contribution in [0.3, 0.4) is 0 Å². The molecule has 4 heteroatoms. The number of aliphatic hydroxyl groups is 1. The topological polar surface area (TPSA) is 38.7 Å². The minimum atomic E-state index is -1.45. The molecule has 0 fully saturated rings. The van der Waals surface area contributed by atoms with E-state index in [-0.39, 0.29) is 0 Å². The van der Waals surface area contributed by atoms with E-state index in [1.165, 1.54) is 6.92 Å². The quantitative estimate of drug-likeness (QED) is 0.465. The molecule has 0 radical (unpaired) electrons. The lowest BCUT2D eigenvalue weighted by Gasteiger charge is -2.22. The molecule has 0 aliphatic rings. The third-order valence-electron chi connectivity index (χ3n) is 0.873. The van der Waals surface area contributed by atoms with E-state index in [1.807, 2.05) is 0 Å². The van der Waals surface area contributed by atoms with Gasteiger partial charge in [0.2, 0.25) is 0 Å². The van der Waals surface area contributed by atoms with Crippen molar-refractivity contribution in [1.82, 2.24) is 0 Å². The van der Waals surface area contributed by atoms with Crippen molar-refractivity contribution in [3.63, 3.8) is 0 Å². The molecule has 0 saturated heterocycles. The third-order valence-corrected chi connectivity index (χ3v) is 1.06. The van der Waals surface area contributed by atoms with Gasteiger partial charge in [0.05, 0.1) is 6.61 Å². The summed E-state index contributed by atoms with van der Waals surface area (Å²) in [7, 11) is 0. The summed E-state index contributed by atoms with van der Waals surface area (Å²) in [5.41, 5.74) is 0. The van der Waals surface area contributed by atoms with Crippen molar-refractivity contribution in [2.45, 2.75) is 19.8 Å². The molecule has 0 bridgehead atoms. The van der Waals surface area contributed by atoms with E-state index in [9.17, 15) is 0 Å². The van der Waals surface area contributed by atoms with Crippen LogP contribution in [0.4, 0.5) is 0 Å². The monoisotopic (exact) mass is 166 g/mol. The minimum absolute atomic E-state index is 0.385. The first kappa shape index (κ1) is 10.2. The predicted octanol–water partition coefficient (Wildman–Crippen LogP) is 0.635. The maximum atomic E-state index is 9.17. The Bertz CT molecular complexity index is 85.1. The van der Waals surface area contributed by atoms with Crippen LogP contribution < -0.4 is 0 Å². The SMILES string of the molecule is CCOC(C)(O)OCCS. The van der Waals surface area contributed by atoms with E-state index in [1.54, 1.807) is 6.92 Å². The van der Waals surface area contributed by atoms with Crippen molar-refractivity contribution >= 4 is 12.6 Å². The Morgan fingerprint density at radius 3 is 2.50 bits per heavy atom. The standard InChI is InChI=1S/C6H14O3S/c1-3-8-6(2,7)9-4-5-10/h7,10H,3-5H2,1-2H3. The van der Waals surface area contributed by atoms with Crippen molar-refractivity contribution < 1.29 is 14.6 Å². The summed E-state index contributed by atoms with van der Waals surface area (Å²) in [6.07, 6.45) is 0. The van der Waals surface area contributed by atoms with Gasteiger partial charge in [-0.05, 0) is 6.92 Å². The van der Waals surface area contributed by atoms with Crippen LogP contribution in [0.5, 0.6) is 0 Å². The lowest BCUT2D eigenvalue weighted by Crippen LogP contribution is -2.32. The Kier molecular flexibility index (Phi) is 5.07. The fourth-order valence-electron chi connectivity index (χ4n) is 0.544. The molecule has 0 amide bonds. The van der Waals surface area contributed by atoms with Crippen LogP contribution in [0.1, 0.15) is 13.8 Å². The van der Waals surface area contributed by atoms with Gasteiger partial charge in [0.15, 0.2) is 0 Å². The maximum Gasteiger partial charge on any atom is 0.277 e. The summed E-state index contributed by atoms with van der Waals surface area (Å²) >= 11 is 3.91. The molecule has 0 aromatic rings. The molecule has 10 heavy (non-hydrogen) atoms. The number of thiol groups is 1. The highest BCUT2D eigenvalue weighted by Crippen LogP contribution is 2.06. The highest BCUT2D eigenvalue weighted by Gasteiger charge is 2.19. The van der Waals surface area contributed by atoms with Crippen molar-refractivity contribution in [2.24, 2.45) is 0 Å². The Labute approximate surface area is 66.7 Å². The lowest BCUT2D eigenvalue weighted by molar-refractivity contribution is -0.345. The zero-order valence-corrected chi connectivity index (χ0v) is 7.23. The molecule has 1 atom stereocenters. The van der Waals surface area contributed by atoms with E-state index in [4.69, 9.17) is 14.6 Å². The van der Waals surface area contributed by atoms with Gasteiger partial charge in [-0.15, -0.1) is 0 Å². The molecule has 0 spiro atoms. The number of rotatable bonds is 5. The second kappa shape index (κ2) is 4.96. The Morgan fingerprint density at radius 2 is 2.10 bits per heavy atom. The normalized spacial score (nSPS) is 16.8. The van der Waals surface area contributed by atoms with Gasteiger partial charge in [0, 0.05) is 19.3 Å². The maximum absolute atomic E-state index is 9.17. The zero-order chi connectivity index (χ0) is 8.04. The van der Waals surface area contributed by atoms with Gasteiger partial charge < -0.3 is 14.6 Å². The Balaban J connectivity index is 3.42. The lowest BCUT2D eigenvalue weighted by atomic mass is 10.6. The molecule has 62 valence electrons. The molecule has 0 aliphatic heterocycles. The van der Waals surface area contributed by atoms with E-state index >= 15 is 0 Å². The minimum Gasteiger partial charge on any atom is -0.344 e. The summed E-state index contributed by atoms with van der Waals surface area (Å²) in [6.45, 7) is 4.06. The number of hydrogen-bond acceptors (Lipinski definition) is 4. The van der Waals surface area contributed by atoms with E-state index in [0.29, 0.717) is 19.0 Å². The first-order chi connectivity index (χ1) is 4.62. The van der Waals surface area contributed by atoms with Gasteiger partial charge in [0.1, 0.15) is 0 Å². The third kappa shape index (κ3) is 5.05. The fourth-order valence-corrected chi connectivity index (χ4v) is 0.636. The first-order valence-electron chi connectivity index (χ1n) is 3.23. The molecule has 1 N–H and O–H groups in total. The molecular formula is C6H14O3S. The van der Waals surface area contributed by atoms with Gasteiger partial charge in [0.25, 0.3) is 5.97 Å². The van der Waals surface area contributed by atoms with Crippen molar-refractivity contribution in [1.29, 1.82) is 0 Å². The van der Waals surface area contributed by atoms with Crippen LogP contribution in [-0.2, 0) is 9.47 Å². The molecule has 0 aromatic carbocycles. The molecular weight excluding hydrogens is 152 g/mol. The van der Waals surface area contributed by atoms with Crippen molar-refractivity contribution in [3.8, 4) is 0 Å². The van der Waals surface area contributed by atoms with Gasteiger partial charge in [-0.1, -0.05) is 0 Å². The van der Waals surface area contributed by atoms with Gasteiger partial charge in [-0.25, -0.2) is 0 Å². The first-order valence-corrected chi connectivity index (χ1v) is 3.86. The molecule has 0 rings (SSSR count). The average molecular weight is 166 g/mol. The van der Waals surface area contributed by atoms with Crippen LogP contribution in [0.25, 0.3) is 0 Å². The summed E-state index contributed by atoms with van der Waals surface area (Å²) in [4.78, 5) is 0. The molecule has 1 unspecified atom stereocenters. The van der Waals surface area contributed by atoms with Crippen LogP contribution in [0.2, 0.25) is 0 Å². The molecule has 0 aromatic heterocycles. The predicted molar refractivity (Wildman–Crippen MR) is 42.1 cm³/mol. The van der Waals surface area contributed by atoms with Crippen LogP contribution in [0, 0.1) is 0 Å². The van der Waals surface area contributed by atoms with E-state index in [2.05, 4.69) is 12.6 Å². The second-order valence-corrected chi connectivity index (χ2v) is 2.35. The number of hydrogen-bond donors (Lipinski definition) is 2. The summed E-state index contributed by atoms with van der Waals surface area (Å²) in [5.74, 6) is -0.874. The van der Waals surface area contributed by atoms with Crippen molar-refractivity contribution in [3.05, 3.63) is 0 Å². The molecule has 0 heterocycles. The molecule has 0 saturated carbocycles. The smallest absolute Gasteiger partial charge is 0.277 e. The molecule has 3 nitrogen and oxygen atoms in total. The Morgan fingerprint density at radius 1 is 1.50 bits per heavy atom. The Hall–Kier alpha value is 0.230. The summed E-state index contributed by atoms with van der Waals surface area (Å²) < 4.78 is 9.71. The van der Waals surface area contributed by atoms with Gasteiger partial charge in [-0.2, -0.15) is 12.6 Å². The highest BCUT2D eigenvalue weighted by atomic mass is 32.1. The summed E-state index contributed by atoms with van der Waals surface area (Å²) in [5, 5.41) is 9.17. The fraction of sp³-hybridized carbons (Fsp3) is 1.00. The van der Waals surface area contributed by atoms with Crippen LogP contribution >= 0.6 is 12.6 Å². The largest absolute Gasteiger partial charge is 0.344 e.